The van der Waals surface area contributed by atoms with E-state index < -0.39 is 8.24 Å². The van der Waals surface area contributed by atoms with Crippen LogP contribution in [-0.4, -0.2) is 14.3 Å². The van der Waals surface area contributed by atoms with Crippen LogP contribution in [0.5, 0.6) is 0 Å². The Morgan fingerprint density at radius 2 is 1.54 bits per heavy atom. The minimum Gasteiger partial charge on any atom is -0.330 e. The van der Waals surface area contributed by atoms with Crippen LogP contribution in [0, 0.1) is 5.41 Å². The highest BCUT2D eigenvalue weighted by molar-refractivity contribution is 6.92. The van der Waals surface area contributed by atoms with Gasteiger partial charge in [0, 0.05) is 11.1 Å². The van der Waals surface area contributed by atoms with E-state index in [1.54, 1.807) is 0 Å². The van der Waals surface area contributed by atoms with E-state index in [2.05, 4.69) is 86.9 Å². The van der Waals surface area contributed by atoms with Crippen molar-refractivity contribution in [1.82, 2.24) is 4.98 Å². The van der Waals surface area contributed by atoms with Crippen molar-refractivity contribution in [1.29, 1.82) is 0 Å². The highest BCUT2D eigenvalue weighted by Crippen LogP contribution is 2.56. The largest absolute Gasteiger partial charge is 0.330 e. The molecule has 1 N–H and O–H groups in total. The summed E-state index contributed by atoms with van der Waals surface area (Å²) in [4.78, 5) is 4.27. The van der Waals surface area contributed by atoms with Gasteiger partial charge < -0.3 is 4.98 Å². The number of rotatable bonds is 4. The molecule has 1 atom stereocenters. The molecule has 0 heterocycles. The molecule has 0 saturated heterocycles. The van der Waals surface area contributed by atoms with Crippen molar-refractivity contribution in [2.45, 2.75) is 70.5 Å². The number of benzene rings is 1. The maximum Gasteiger partial charge on any atom is 0.169 e. The van der Waals surface area contributed by atoms with Gasteiger partial charge in [-0.2, -0.15) is 0 Å². The van der Waals surface area contributed by atoms with E-state index in [-0.39, 0.29) is 10.5 Å². The molecule has 0 aliphatic heterocycles. The fourth-order valence-corrected chi connectivity index (χ4v) is 10.1. The fraction of sp³-hybridized carbons (Fsp3) is 0.545. The zero-order valence-electron chi connectivity index (χ0n) is 15.8. The summed E-state index contributed by atoms with van der Waals surface area (Å²) in [7, 11) is -1.99. The summed E-state index contributed by atoms with van der Waals surface area (Å²) in [6.45, 7) is 9.78. The predicted molar refractivity (Wildman–Crippen MR) is 108 cm³/mol. The van der Waals surface area contributed by atoms with Gasteiger partial charge in [0.05, 0.1) is 0 Å². The summed E-state index contributed by atoms with van der Waals surface area (Å²) in [5.41, 5.74) is 0.189. The molecule has 0 radical (unpaired) electrons. The summed E-state index contributed by atoms with van der Waals surface area (Å²) in [5.74, 6) is 0. The quantitative estimate of drug-likeness (QED) is 0.734. The summed E-state index contributed by atoms with van der Waals surface area (Å²) >= 11 is 0. The molecule has 0 amide bonds. The minimum atomic E-state index is -1.99. The van der Waals surface area contributed by atoms with E-state index in [0.717, 1.165) is 0 Å². The standard InChI is InChI=1S/C22H33NSi/c1-21(2,3)22(17-11-12-18-22)24(4,20-15-9-6-10-16-20)23-19-13-7-5-8-14-19/h6,9-12,15-19,23H,5,7-8,13-14H2,1-4H3. The molecule has 0 spiro atoms. The molecule has 130 valence electrons. The van der Waals surface area contributed by atoms with Gasteiger partial charge in [0.25, 0.3) is 0 Å². The second-order valence-corrected chi connectivity index (χ2v) is 12.8. The topological polar surface area (TPSA) is 12.0 Å². The number of allylic oxidation sites excluding steroid dienone is 4. The van der Waals surface area contributed by atoms with Crippen LogP contribution in [0.15, 0.2) is 54.6 Å². The predicted octanol–water partition coefficient (Wildman–Crippen LogP) is 5.30. The summed E-state index contributed by atoms with van der Waals surface area (Å²) in [6.07, 6.45) is 16.3. The Morgan fingerprint density at radius 1 is 0.958 bits per heavy atom. The van der Waals surface area contributed by atoms with Crippen molar-refractivity contribution < 1.29 is 0 Å². The van der Waals surface area contributed by atoms with Gasteiger partial charge >= 0.3 is 0 Å². The third-order valence-corrected chi connectivity index (χ3v) is 11.6. The maximum absolute atomic E-state index is 4.27. The lowest BCUT2D eigenvalue weighted by Crippen LogP contribution is -2.70. The van der Waals surface area contributed by atoms with Crippen LogP contribution >= 0.6 is 0 Å². The Labute approximate surface area is 149 Å². The lowest BCUT2D eigenvalue weighted by atomic mass is 9.80. The molecular formula is C22H33NSi. The highest BCUT2D eigenvalue weighted by atomic mass is 28.3. The zero-order valence-corrected chi connectivity index (χ0v) is 16.8. The first kappa shape index (κ1) is 17.7. The Bertz CT molecular complexity index is 593. The van der Waals surface area contributed by atoms with Gasteiger partial charge in [-0.1, -0.05) is 101 Å². The van der Waals surface area contributed by atoms with Crippen LogP contribution in [0.4, 0.5) is 0 Å². The third kappa shape index (κ3) is 2.95. The van der Waals surface area contributed by atoms with Gasteiger partial charge in [-0.25, -0.2) is 0 Å². The van der Waals surface area contributed by atoms with Gasteiger partial charge in [-0.3, -0.25) is 0 Å². The lowest BCUT2D eigenvalue weighted by molar-refractivity contribution is 0.338. The van der Waals surface area contributed by atoms with E-state index in [1.165, 1.54) is 37.3 Å². The van der Waals surface area contributed by atoms with Crippen molar-refractivity contribution >= 4 is 13.4 Å². The Morgan fingerprint density at radius 3 is 2.08 bits per heavy atom. The molecule has 1 fully saturated rings. The van der Waals surface area contributed by atoms with E-state index in [0.29, 0.717) is 6.04 Å². The van der Waals surface area contributed by atoms with Gasteiger partial charge in [-0.05, 0) is 23.4 Å². The lowest BCUT2D eigenvalue weighted by Gasteiger charge is -2.53. The van der Waals surface area contributed by atoms with Crippen LogP contribution in [0.3, 0.4) is 0 Å². The van der Waals surface area contributed by atoms with E-state index in [4.69, 9.17) is 0 Å². The second-order valence-electron chi connectivity index (χ2n) is 8.81. The Kier molecular flexibility index (Phi) is 4.90. The molecule has 2 aliphatic rings. The average Bonchev–Trinajstić information content (AvgIpc) is 3.08. The molecule has 0 aromatic heterocycles. The molecular weight excluding hydrogens is 306 g/mol. The molecule has 0 bridgehead atoms. The molecule has 1 aromatic rings. The molecule has 2 heteroatoms. The molecule has 1 unspecified atom stereocenters. The van der Waals surface area contributed by atoms with Crippen molar-refractivity contribution in [3.8, 4) is 0 Å². The molecule has 3 rings (SSSR count). The van der Waals surface area contributed by atoms with Crippen molar-refractivity contribution in [3.63, 3.8) is 0 Å². The smallest absolute Gasteiger partial charge is 0.169 e. The summed E-state index contributed by atoms with van der Waals surface area (Å²) in [5, 5.41) is 1.64. The summed E-state index contributed by atoms with van der Waals surface area (Å²) in [6, 6.07) is 12.0. The monoisotopic (exact) mass is 339 g/mol. The molecule has 1 nitrogen and oxygen atoms in total. The molecule has 24 heavy (non-hydrogen) atoms. The normalized spacial score (nSPS) is 23.3. The molecule has 2 aliphatic carbocycles. The van der Waals surface area contributed by atoms with Crippen LogP contribution < -0.4 is 10.2 Å². The Balaban J connectivity index is 2.07. The summed E-state index contributed by atoms with van der Waals surface area (Å²) < 4.78 is 0. The number of hydrogen-bond acceptors (Lipinski definition) is 1. The molecule has 1 aromatic carbocycles. The average molecular weight is 340 g/mol. The van der Waals surface area contributed by atoms with Crippen LogP contribution in [0.25, 0.3) is 0 Å². The van der Waals surface area contributed by atoms with Crippen molar-refractivity contribution in [2.75, 3.05) is 0 Å². The maximum atomic E-state index is 4.27. The fourth-order valence-electron chi connectivity index (χ4n) is 4.92. The number of hydrogen-bond donors (Lipinski definition) is 1. The van der Waals surface area contributed by atoms with Gasteiger partial charge in [0.15, 0.2) is 8.24 Å². The SMILES string of the molecule is CC(C)(C)C1([Si](C)(NC2CCCCC2)c2ccccc2)C=CC=C1. The van der Waals surface area contributed by atoms with Gasteiger partial charge in [0.2, 0.25) is 0 Å². The second kappa shape index (κ2) is 6.65. The van der Waals surface area contributed by atoms with Gasteiger partial charge in [-0.15, -0.1) is 0 Å². The van der Waals surface area contributed by atoms with Crippen LogP contribution in [0.2, 0.25) is 11.6 Å². The van der Waals surface area contributed by atoms with E-state index in [9.17, 15) is 0 Å². The first-order chi connectivity index (χ1) is 11.4. The van der Waals surface area contributed by atoms with E-state index in [1.807, 2.05) is 0 Å². The zero-order chi connectivity index (χ0) is 17.3. The first-order valence-electron chi connectivity index (χ1n) is 9.59. The van der Waals surface area contributed by atoms with Crippen molar-refractivity contribution in [3.05, 3.63) is 54.6 Å². The number of nitrogens with one attached hydrogen (secondary N) is 1. The first-order valence-corrected chi connectivity index (χ1v) is 12.1. The van der Waals surface area contributed by atoms with Crippen LogP contribution in [0.1, 0.15) is 52.9 Å². The van der Waals surface area contributed by atoms with Gasteiger partial charge in [0.1, 0.15) is 0 Å². The van der Waals surface area contributed by atoms with E-state index >= 15 is 0 Å². The van der Waals surface area contributed by atoms with Crippen molar-refractivity contribution in [2.24, 2.45) is 5.41 Å². The third-order valence-electron chi connectivity index (χ3n) is 6.35. The van der Waals surface area contributed by atoms with Crippen LogP contribution in [-0.2, 0) is 0 Å². The highest BCUT2D eigenvalue weighted by Gasteiger charge is 2.56. The molecule has 1 saturated carbocycles. The minimum absolute atomic E-state index is 0.110. The Hall–Kier alpha value is -1.12.